The molecule has 1 aliphatic carbocycles. The lowest BCUT2D eigenvalue weighted by atomic mass is 10.1. The van der Waals surface area contributed by atoms with Gasteiger partial charge in [-0.15, -0.1) is 11.3 Å². The first-order valence-electron chi connectivity index (χ1n) is 10.1. The second-order valence-corrected chi connectivity index (χ2v) is 8.40. The molecule has 8 nitrogen and oxygen atoms in total. The summed E-state index contributed by atoms with van der Waals surface area (Å²) in [4.78, 5) is 21.2. The van der Waals surface area contributed by atoms with Crippen LogP contribution in [0, 0.1) is 0 Å². The Morgan fingerprint density at radius 1 is 1.29 bits per heavy atom. The van der Waals surface area contributed by atoms with Gasteiger partial charge in [0.1, 0.15) is 12.0 Å². The third-order valence-corrected chi connectivity index (χ3v) is 6.05. The number of halogens is 1. The predicted octanol–water partition coefficient (Wildman–Crippen LogP) is 2.82. The maximum absolute atomic E-state index is 13.3. The van der Waals surface area contributed by atoms with E-state index in [9.17, 15) is 14.3 Å². The topological polar surface area (TPSA) is 119 Å². The van der Waals surface area contributed by atoms with Crippen LogP contribution in [-0.2, 0) is 0 Å². The molecule has 0 aliphatic heterocycles. The highest BCUT2D eigenvalue weighted by molar-refractivity contribution is 7.16. The van der Waals surface area contributed by atoms with Crippen LogP contribution < -0.4 is 16.0 Å². The monoisotopic (exact) mass is 445 g/mol. The number of rotatable bonds is 8. The van der Waals surface area contributed by atoms with Gasteiger partial charge in [-0.2, -0.15) is 0 Å². The van der Waals surface area contributed by atoms with Crippen LogP contribution >= 0.6 is 11.3 Å². The third-order valence-electron chi connectivity index (χ3n) is 5.25. The Hall–Kier alpha value is -2.82. The lowest BCUT2D eigenvalue weighted by molar-refractivity contribution is 0.0928. The molecular formula is C21H24FN5O3S. The number of anilines is 3. The molecule has 2 heterocycles. The Bertz CT molecular complexity index is 1060. The minimum absolute atomic E-state index is 0.179. The smallest absolute Gasteiger partial charge is 0.255 e. The number of aliphatic hydroxyl groups is 2. The van der Waals surface area contributed by atoms with Crippen molar-refractivity contribution in [2.75, 3.05) is 23.8 Å². The number of amides is 1. The molecule has 0 saturated heterocycles. The van der Waals surface area contributed by atoms with Gasteiger partial charge in [0.15, 0.2) is 0 Å². The highest BCUT2D eigenvalue weighted by atomic mass is 32.1. The minimum Gasteiger partial charge on any atom is -0.393 e. The number of benzene rings is 1. The Balaban J connectivity index is 1.57. The van der Waals surface area contributed by atoms with Gasteiger partial charge < -0.3 is 26.2 Å². The van der Waals surface area contributed by atoms with Crippen molar-refractivity contribution >= 4 is 44.7 Å². The quantitative estimate of drug-likeness (QED) is 0.362. The molecule has 4 rings (SSSR count). The summed E-state index contributed by atoms with van der Waals surface area (Å²) in [5, 5.41) is 28.0. The molecule has 1 saturated carbocycles. The Morgan fingerprint density at radius 3 is 2.94 bits per heavy atom. The molecule has 1 fully saturated rings. The molecule has 10 heteroatoms. The fraction of sp³-hybridized carbons (Fsp3) is 0.381. The van der Waals surface area contributed by atoms with Crippen LogP contribution in [0.4, 0.5) is 21.6 Å². The van der Waals surface area contributed by atoms with Crippen LogP contribution in [0.2, 0.25) is 0 Å². The number of hydrogen-bond donors (Lipinski definition) is 5. The predicted molar refractivity (Wildman–Crippen MR) is 119 cm³/mol. The van der Waals surface area contributed by atoms with E-state index in [1.165, 1.54) is 17.5 Å². The summed E-state index contributed by atoms with van der Waals surface area (Å²) in [6.07, 6.45) is 1.76. The molecule has 2 aromatic heterocycles. The van der Waals surface area contributed by atoms with Crippen LogP contribution in [0.5, 0.6) is 0 Å². The average molecular weight is 446 g/mol. The lowest BCUT2D eigenvalue weighted by Gasteiger charge is -2.21. The van der Waals surface area contributed by atoms with Crippen molar-refractivity contribution in [3.63, 3.8) is 0 Å². The minimum atomic E-state index is -1.53. The van der Waals surface area contributed by atoms with E-state index in [0.29, 0.717) is 17.9 Å². The number of fused-ring (bicyclic) bond motifs is 1. The van der Waals surface area contributed by atoms with Gasteiger partial charge in [-0.3, -0.25) is 4.79 Å². The van der Waals surface area contributed by atoms with Gasteiger partial charge in [-0.05, 0) is 37.5 Å². The fourth-order valence-electron chi connectivity index (χ4n) is 3.58. The van der Waals surface area contributed by atoms with Gasteiger partial charge in [0.25, 0.3) is 5.91 Å². The molecule has 31 heavy (non-hydrogen) atoms. The number of nitrogens with one attached hydrogen (secondary N) is 3. The first-order valence-corrected chi connectivity index (χ1v) is 11.0. The van der Waals surface area contributed by atoms with Gasteiger partial charge in [0.2, 0.25) is 0 Å². The summed E-state index contributed by atoms with van der Waals surface area (Å²) >= 11 is 1.54. The first kappa shape index (κ1) is 21.4. The Morgan fingerprint density at radius 2 is 2.16 bits per heavy atom. The van der Waals surface area contributed by atoms with Crippen LogP contribution in [0.15, 0.2) is 36.0 Å². The molecular weight excluding hydrogens is 421 g/mol. The van der Waals surface area contributed by atoms with Crippen LogP contribution in [-0.4, -0.2) is 57.6 Å². The number of aliphatic hydroxyl groups excluding tert-OH is 2. The molecule has 3 aromatic rings. The molecule has 0 radical (unpaired) electrons. The summed E-state index contributed by atoms with van der Waals surface area (Å²) in [5.74, 6) is 0.0188. The number of carbonyl (C=O) groups is 1. The number of pyridine rings is 1. The molecule has 3 unspecified atom stereocenters. The number of nitrogens with zero attached hydrogens (tertiary/aromatic N) is 2. The maximum atomic E-state index is 13.3. The number of carbonyl (C=O) groups excluding carboxylic acids is 1. The van der Waals surface area contributed by atoms with Crippen LogP contribution in [0.1, 0.15) is 29.6 Å². The normalized spacial score (nSPS) is 19.3. The van der Waals surface area contributed by atoms with E-state index in [1.54, 1.807) is 11.6 Å². The zero-order valence-corrected chi connectivity index (χ0v) is 17.5. The third kappa shape index (κ3) is 5.09. The summed E-state index contributed by atoms with van der Waals surface area (Å²) in [5.41, 5.74) is 4.28. The molecule has 0 spiro atoms. The second-order valence-electron chi connectivity index (χ2n) is 7.51. The van der Waals surface area contributed by atoms with E-state index in [0.717, 1.165) is 28.7 Å². The zero-order chi connectivity index (χ0) is 21.8. The van der Waals surface area contributed by atoms with E-state index in [4.69, 9.17) is 5.11 Å². The average Bonchev–Trinajstić information content (AvgIpc) is 3.40. The van der Waals surface area contributed by atoms with E-state index >= 15 is 0 Å². The summed E-state index contributed by atoms with van der Waals surface area (Å²) in [6.45, 7) is -0.958. The van der Waals surface area contributed by atoms with Gasteiger partial charge in [0.05, 0.1) is 52.3 Å². The molecule has 1 aromatic carbocycles. The summed E-state index contributed by atoms with van der Waals surface area (Å²) in [6, 6.07) is 7.31. The molecule has 5 N–H and O–H groups in total. The van der Waals surface area contributed by atoms with Gasteiger partial charge in [-0.1, -0.05) is 0 Å². The zero-order valence-electron chi connectivity index (χ0n) is 16.7. The molecule has 3 atom stereocenters. The van der Waals surface area contributed by atoms with Crippen molar-refractivity contribution in [1.82, 2.24) is 15.3 Å². The van der Waals surface area contributed by atoms with Crippen LogP contribution in [0.25, 0.3) is 10.2 Å². The lowest BCUT2D eigenvalue weighted by Crippen LogP contribution is -2.33. The van der Waals surface area contributed by atoms with Crippen molar-refractivity contribution in [1.29, 1.82) is 0 Å². The second kappa shape index (κ2) is 9.54. The Kier molecular flexibility index (Phi) is 6.59. The van der Waals surface area contributed by atoms with E-state index in [-0.39, 0.29) is 18.2 Å². The summed E-state index contributed by atoms with van der Waals surface area (Å²) in [7, 11) is 0. The molecule has 164 valence electrons. The van der Waals surface area contributed by atoms with Crippen molar-refractivity contribution in [3.05, 3.63) is 41.5 Å². The number of thiazole rings is 1. The highest BCUT2D eigenvalue weighted by Crippen LogP contribution is 2.28. The van der Waals surface area contributed by atoms with Crippen molar-refractivity contribution in [2.45, 2.75) is 37.6 Å². The van der Waals surface area contributed by atoms with E-state index in [2.05, 4.69) is 25.9 Å². The Labute approximate surface area is 182 Å². The van der Waals surface area contributed by atoms with Crippen molar-refractivity contribution in [3.8, 4) is 0 Å². The first-order chi connectivity index (χ1) is 15.0. The van der Waals surface area contributed by atoms with Crippen molar-refractivity contribution < 1.29 is 19.4 Å². The van der Waals surface area contributed by atoms with Crippen LogP contribution in [0.3, 0.4) is 0 Å². The largest absolute Gasteiger partial charge is 0.393 e. The van der Waals surface area contributed by atoms with E-state index in [1.807, 2.05) is 18.2 Å². The van der Waals surface area contributed by atoms with Crippen molar-refractivity contribution in [2.24, 2.45) is 0 Å². The summed E-state index contributed by atoms with van der Waals surface area (Å²) < 4.78 is 14.4. The molecule has 1 aliphatic rings. The van der Waals surface area contributed by atoms with E-state index < -0.39 is 24.8 Å². The standard InChI is InChI=1S/C21H24FN5O3S/c22-12(10-28)8-24-21(30)14-9-23-20(7-17(14)27-15-2-1-3-18(15)29)26-13-4-5-16-19(6-13)31-11-25-16/h4-7,9,11-12,15,18,28-29H,1-3,8,10H2,(H,24,30)(H2,23,26,27). The molecule has 1 amide bonds. The highest BCUT2D eigenvalue weighted by Gasteiger charge is 2.26. The van der Waals surface area contributed by atoms with Gasteiger partial charge in [-0.25, -0.2) is 14.4 Å². The van der Waals surface area contributed by atoms with Gasteiger partial charge >= 0.3 is 0 Å². The maximum Gasteiger partial charge on any atom is 0.255 e. The SMILES string of the molecule is O=C(NCC(F)CO)c1cnc(Nc2ccc3ncsc3c2)cc1NC1CCCC1O. The fourth-order valence-corrected chi connectivity index (χ4v) is 4.29. The molecule has 0 bridgehead atoms. The number of hydrogen-bond acceptors (Lipinski definition) is 8. The van der Waals surface area contributed by atoms with Gasteiger partial charge in [0, 0.05) is 18.0 Å². The number of alkyl halides is 1. The number of aromatic nitrogens is 2.